The van der Waals surface area contributed by atoms with Gasteiger partial charge in [-0.25, -0.2) is 8.42 Å². The zero-order valence-corrected chi connectivity index (χ0v) is 19.1. The molecule has 0 aliphatic heterocycles. The summed E-state index contributed by atoms with van der Waals surface area (Å²) in [5.74, 6) is -0.823. The second kappa shape index (κ2) is 8.83. The van der Waals surface area contributed by atoms with Crippen molar-refractivity contribution < 1.29 is 13.2 Å². The molecule has 1 aromatic carbocycles. The number of rotatable bonds is 6. The van der Waals surface area contributed by atoms with Crippen molar-refractivity contribution in [2.45, 2.75) is 32.9 Å². The van der Waals surface area contributed by atoms with Crippen LogP contribution in [0.4, 0.5) is 5.13 Å². The van der Waals surface area contributed by atoms with E-state index in [4.69, 9.17) is 0 Å². The number of nitrogens with one attached hydrogen (secondary N) is 1. The quantitative estimate of drug-likeness (QED) is 0.448. The first-order valence-corrected chi connectivity index (χ1v) is 11.8. The topological polar surface area (TPSA) is 118 Å². The molecule has 3 aromatic rings. The van der Waals surface area contributed by atoms with Gasteiger partial charge in [-0.05, 0) is 56.2 Å². The van der Waals surface area contributed by atoms with E-state index in [1.807, 2.05) is 51.1 Å². The first kappa shape index (κ1) is 22.4. The molecule has 160 valence electrons. The number of nitriles is 1. The zero-order chi connectivity index (χ0) is 22.8. The summed E-state index contributed by atoms with van der Waals surface area (Å²) in [5, 5.41) is 11.7. The molecule has 31 heavy (non-hydrogen) atoms. The number of aromatic nitrogens is 3. The summed E-state index contributed by atoms with van der Waals surface area (Å²) >= 11 is 0.750. The molecule has 0 radical (unpaired) electrons. The van der Waals surface area contributed by atoms with Gasteiger partial charge in [0, 0.05) is 28.6 Å². The summed E-state index contributed by atoms with van der Waals surface area (Å²) in [4.78, 5) is 16.4. The average molecular weight is 456 g/mol. The molecular weight excluding hydrogens is 434 g/mol. The SMILES string of the molecule is CCS(=O)(=O)c1nsc(NC(=O)/C(C#N)=C\c2cc(C)n(-c3cccc(C)c3)c2C)n1. The van der Waals surface area contributed by atoms with E-state index in [-0.39, 0.29) is 21.6 Å². The van der Waals surface area contributed by atoms with Crippen molar-refractivity contribution in [3.05, 3.63) is 58.4 Å². The van der Waals surface area contributed by atoms with E-state index in [9.17, 15) is 18.5 Å². The third-order valence-corrected chi connectivity index (χ3v) is 6.93. The van der Waals surface area contributed by atoms with Crippen LogP contribution in [-0.4, -0.2) is 34.0 Å². The molecule has 0 unspecified atom stereocenters. The average Bonchev–Trinajstić information content (AvgIpc) is 3.30. The summed E-state index contributed by atoms with van der Waals surface area (Å²) in [7, 11) is -3.57. The molecule has 1 N–H and O–H groups in total. The molecule has 0 fully saturated rings. The lowest BCUT2D eigenvalue weighted by Gasteiger charge is -2.10. The number of amides is 1. The van der Waals surface area contributed by atoms with Crippen LogP contribution in [0.5, 0.6) is 0 Å². The van der Waals surface area contributed by atoms with E-state index in [2.05, 4.69) is 25.3 Å². The van der Waals surface area contributed by atoms with E-state index in [0.717, 1.165) is 39.7 Å². The summed E-state index contributed by atoms with van der Waals surface area (Å²) in [6.45, 7) is 7.37. The Kier molecular flexibility index (Phi) is 6.38. The van der Waals surface area contributed by atoms with Crippen LogP contribution in [0.15, 0.2) is 41.1 Å². The van der Waals surface area contributed by atoms with Gasteiger partial charge in [0.25, 0.3) is 11.1 Å². The van der Waals surface area contributed by atoms with Crippen molar-refractivity contribution in [2.24, 2.45) is 0 Å². The maximum atomic E-state index is 12.6. The fourth-order valence-electron chi connectivity index (χ4n) is 3.08. The predicted octanol–water partition coefficient (Wildman–Crippen LogP) is 3.59. The summed E-state index contributed by atoms with van der Waals surface area (Å²) in [6, 6.07) is 11.8. The Morgan fingerprint density at radius 2 is 2.03 bits per heavy atom. The van der Waals surface area contributed by atoms with Crippen molar-refractivity contribution in [3.63, 3.8) is 0 Å². The van der Waals surface area contributed by atoms with E-state index in [1.165, 1.54) is 13.0 Å². The van der Waals surface area contributed by atoms with Crippen LogP contribution in [0.3, 0.4) is 0 Å². The van der Waals surface area contributed by atoms with Gasteiger partial charge in [0.2, 0.25) is 15.0 Å². The molecule has 0 spiro atoms. The molecule has 2 aromatic heterocycles. The minimum atomic E-state index is -3.57. The number of hydrogen-bond acceptors (Lipinski definition) is 7. The molecular formula is C21H21N5O3S2. The third-order valence-electron chi connectivity index (χ3n) is 4.68. The number of hydrogen-bond donors (Lipinski definition) is 1. The van der Waals surface area contributed by atoms with E-state index in [0.29, 0.717) is 0 Å². The second-order valence-corrected chi connectivity index (χ2v) is 9.83. The maximum absolute atomic E-state index is 12.6. The standard InChI is InChI=1S/C21H21N5O3S2/c1-5-31(28,29)21-24-20(30-25-21)23-19(27)17(12-22)11-16-10-14(3)26(15(16)4)18-8-6-7-13(2)9-18/h6-11H,5H2,1-4H3,(H,23,24,25,27)/b17-11-. The van der Waals surface area contributed by atoms with E-state index >= 15 is 0 Å². The smallest absolute Gasteiger partial charge is 0.268 e. The van der Waals surface area contributed by atoms with Crippen LogP contribution in [0, 0.1) is 32.1 Å². The van der Waals surface area contributed by atoms with Gasteiger partial charge in [0.05, 0.1) is 5.75 Å². The Morgan fingerprint density at radius 1 is 1.29 bits per heavy atom. The molecule has 0 bridgehead atoms. The Balaban J connectivity index is 1.90. The number of aryl methyl sites for hydroxylation is 2. The van der Waals surface area contributed by atoms with Crippen molar-refractivity contribution in [1.82, 2.24) is 13.9 Å². The van der Waals surface area contributed by atoms with Crippen molar-refractivity contribution in [3.8, 4) is 11.8 Å². The lowest BCUT2D eigenvalue weighted by atomic mass is 10.1. The number of carbonyl (C=O) groups is 1. The minimum absolute atomic E-state index is 0.0170. The van der Waals surface area contributed by atoms with Gasteiger partial charge in [-0.2, -0.15) is 14.6 Å². The number of carbonyl (C=O) groups excluding carboxylic acids is 1. The fraction of sp³-hybridized carbons (Fsp3) is 0.238. The van der Waals surface area contributed by atoms with Gasteiger partial charge in [0.15, 0.2) is 0 Å². The highest BCUT2D eigenvalue weighted by Gasteiger charge is 2.20. The van der Waals surface area contributed by atoms with Crippen LogP contribution >= 0.6 is 11.5 Å². The molecule has 0 atom stereocenters. The molecule has 1 amide bonds. The number of anilines is 1. The lowest BCUT2D eigenvalue weighted by Crippen LogP contribution is -2.14. The maximum Gasteiger partial charge on any atom is 0.268 e. The van der Waals surface area contributed by atoms with E-state index in [1.54, 1.807) is 0 Å². The monoisotopic (exact) mass is 455 g/mol. The summed E-state index contributed by atoms with van der Waals surface area (Å²) in [5.41, 5.74) is 4.58. The van der Waals surface area contributed by atoms with E-state index < -0.39 is 15.7 Å². The summed E-state index contributed by atoms with van der Waals surface area (Å²) < 4.78 is 29.5. The Labute approximate surface area is 185 Å². The van der Waals surface area contributed by atoms with Gasteiger partial charge >= 0.3 is 0 Å². The highest BCUT2D eigenvalue weighted by molar-refractivity contribution is 7.91. The van der Waals surface area contributed by atoms with Crippen molar-refractivity contribution in [1.29, 1.82) is 5.26 Å². The Bertz CT molecular complexity index is 1330. The van der Waals surface area contributed by atoms with Crippen LogP contribution < -0.4 is 5.32 Å². The van der Waals surface area contributed by atoms with Gasteiger partial charge in [-0.3, -0.25) is 10.1 Å². The molecule has 2 heterocycles. The number of sulfone groups is 1. The molecule has 0 aliphatic carbocycles. The first-order chi connectivity index (χ1) is 14.7. The van der Waals surface area contributed by atoms with Crippen molar-refractivity contribution in [2.75, 3.05) is 11.1 Å². The molecule has 0 saturated heterocycles. The van der Waals surface area contributed by atoms with Crippen molar-refractivity contribution >= 4 is 38.5 Å². The van der Waals surface area contributed by atoms with Crippen LogP contribution in [-0.2, 0) is 14.6 Å². The van der Waals surface area contributed by atoms with Gasteiger partial charge < -0.3 is 4.57 Å². The van der Waals surface area contributed by atoms with Crippen LogP contribution in [0.1, 0.15) is 29.4 Å². The molecule has 8 nitrogen and oxygen atoms in total. The summed E-state index contributed by atoms with van der Waals surface area (Å²) in [6.07, 6.45) is 1.51. The molecule has 0 saturated carbocycles. The fourth-order valence-corrected chi connectivity index (χ4v) is 4.67. The molecule has 0 aliphatic rings. The number of benzene rings is 1. The Hall–Kier alpha value is -3.29. The number of nitrogens with zero attached hydrogens (tertiary/aromatic N) is 4. The molecule has 10 heteroatoms. The predicted molar refractivity (Wildman–Crippen MR) is 120 cm³/mol. The zero-order valence-electron chi connectivity index (χ0n) is 17.5. The van der Waals surface area contributed by atoms with Gasteiger partial charge in [0.1, 0.15) is 11.6 Å². The van der Waals surface area contributed by atoms with Crippen LogP contribution in [0.25, 0.3) is 11.8 Å². The van der Waals surface area contributed by atoms with Gasteiger partial charge in [-0.1, -0.05) is 19.1 Å². The second-order valence-electron chi connectivity index (χ2n) is 6.91. The largest absolute Gasteiger partial charge is 0.318 e. The highest BCUT2D eigenvalue weighted by Crippen LogP contribution is 2.24. The lowest BCUT2D eigenvalue weighted by molar-refractivity contribution is -0.112. The molecule has 3 rings (SSSR count). The van der Waals surface area contributed by atoms with Gasteiger partial charge in [-0.15, -0.1) is 0 Å². The highest BCUT2D eigenvalue weighted by atomic mass is 32.2. The van der Waals surface area contributed by atoms with Crippen LogP contribution in [0.2, 0.25) is 0 Å². The normalized spacial score (nSPS) is 11.9. The first-order valence-electron chi connectivity index (χ1n) is 9.42. The minimum Gasteiger partial charge on any atom is -0.318 e. The third kappa shape index (κ3) is 4.73. The Morgan fingerprint density at radius 3 is 2.68 bits per heavy atom.